The van der Waals surface area contributed by atoms with Crippen molar-refractivity contribution in [2.45, 2.75) is 0 Å². The lowest BCUT2D eigenvalue weighted by Crippen LogP contribution is -2.15. The minimum atomic E-state index is 0.798. The van der Waals surface area contributed by atoms with Gasteiger partial charge in [0.15, 0.2) is 5.58 Å². The average Bonchev–Trinajstić information content (AvgIpc) is 3.86. The Labute approximate surface area is 425 Å². The molecule has 0 aliphatic heterocycles. The van der Waals surface area contributed by atoms with E-state index in [1.54, 1.807) is 0 Å². The van der Waals surface area contributed by atoms with Crippen LogP contribution in [0.25, 0.3) is 88.3 Å². The Balaban J connectivity index is 1.13. The largest absolute Gasteiger partial charge is 0.454 e. The van der Waals surface area contributed by atoms with Gasteiger partial charge in [-0.05, 0) is 116 Å². The van der Waals surface area contributed by atoms with Gasteiger partial charge >= 0.3 is 0 Å². The number of nitrogens with zero attached hydrogens (tertiary/aromatic N) is 2. The van der Waals surface area contributed by atoms with Crippen molar-refractivity contribution in [3.8, 4) is 55.6 Å². The van der Waals surface area contributed by atoms with E-state index in [0.717, 1.165) is 111 Å². The van der Waals surface area contributed by atoms with Gasteiger partial charge in [-0.2, -0.15) is 0 Å². The number of rotatable bonds is 11. The van der Waals surface area contributed by atoms with Crippen LogP contribution in [0.4, 0.5) is 34.1 Å². The molecule has 0 spiro atoms. The lowest BCUT2D eigenvalue weighted by molar-refractivity contribution is 0.669. The van der Waals surface area contributed by atoms with Crippen molar-refractivity contribution >= 4 is 66.8 Å². The van der Waals surface area contributed by atoms with Gasteiger partial charge in [0.25, 0.3) is 0 Å². The lowest BCUT2D eigenvalue weighted by Gasteiger charge is -2.32. The van der Waals surface area contributed by atoms with Gasteiger partial charge < -0.3 is 14.2 Å². The fourth-order valence-electron chi connectivity index (χ4n) is 10.5. The molecular formula is C70H48N2O. The minimum absolute atomic E-state index is 0.798. The first-order valence-electron chi connectivity index (χ1n) is 24.9. The summed E-state index contributed by atoms with van der Waals surface area (Å²) in [6, 6.07) is 105. The van der Waals surface area contributed by atoms with Gasteiger partial charge in [-0.25, -0.2) is 0 Å². The quantitative estimate of drug-likeness (QED) is 0.129. The van der Waals surface area contributed by atoms with Crippen LogP contribution in [0.3, 0.4) is 0 Å². The molecule has 0 fully saturated rings. The van der Waals surface area contributed by atoms with Crippen LogP contribution in [0.2, 0.25) is 0 Å². The number of fused-ring (bicyclic) bond motifs is 5. The van der Waals surface area contributed by atoms with E-state index in [1.165, 1.54) is 11.1 Å². The van der Waals surface area contributed by atoms with E-state index in [0.29, 0.717) is 0 Å². The van der Waals surface area contributed by atoms with Crippen molar-refractivity contribution in [3.05, 3.63) is 291 Å². The van der Waals surface area contributed by atoms with E-state index in [4.69, 9.17) is 4.42 Å². The number of anilines is 6. The van der Waals surface area contributed by atoms with Crippen LogP contribution in [-0.4, -0.2) is 0 Å². The number of benzene rings is 12. The van der Waals surface area contributed by atoms with Crippen LogP contribution >= 0.6 is 0 Å². The molecule has 0 aliphatic carbocycles. The van der Waals surface area contributed by atoms with Crippen molar-refractivity contribution in [1.29, 1.82) is 0 Å². The maximum absolute atomic E-state index is 7.26. The molecule has 12 aromatic carbocycles. The predicted octanol–water partition coefficient (Wildman–Crippen LogP) is 20.0. The van der Waals surface area contributed by atoms with E-state index in [9.17, 15) is 0 Å². The first kappa shape index (κ1) is 43.3. The van der Waals surface area contributed by atoms with Crippen LogP contribution in [0.15, 0.2) is 296 Å². The molecule has 3 heteroatoms. The highest BCUT2D eigenvalue weighted by Gasteiger charge is 2.27. The predicted molar refractivity (Wildman–Crippen MR) is 308 cm³/mol. The van der Waals surface area contributed by atoms with Gasteiger partial charge in [0.2, 0.25) is 0 Å². The fourth-order valence-corrected chi connectivity index (χ4v) is 10.5. The van der Waals surface area contributed by atoms with Crippen LogP contribution in [0, 0.1) is 0 Å². The standard InChI is InChI=1S/C70H48N2O/c1-6-20-49(21-7-1)52-34-40-58(41-35-52)71(66-44-38-57(51-24-10-3-11-25-51)46-63(66)55-28-14-5-15-29-55)60-47-64-69-62-32-17-16-30-56(62)39-45-68(69)73-70(64)67(48-60)72(59-42-36-53(37-43-59)50-22-8-2-9-23-50)65-33-19-18-31-61(65)54-26-12-4-13-27-54/h1-48H. The Kier molecular flexibility index (Phi) is 11.2. The molecular weight excluding hydrogens is 885 g/mol. The van der Waals surface area contributed by atoms with Gasteiger partial charge in [0.05, 0.1) is 17.1 Å². The summed E-state index contributed by atoms with van der Waals surface area (Å²) in [5, 5.41) is 4.40. The Morgan fingerprint density at radius 2 is 0.699 bits per heavy atom. The number of hydrogen-bond donors (Lipinski definition) is 0. The zero-order valence-electron chi connectivity index (χ0n) is 40.0. The third-order valence-electron chi connectivity index (χ3n) is 14.0. The highest BCUT2D eigenvalue weighted by Crippen LogP contribution is 2.51. The van der Waals surface area contributed by atoms with E-state index in [-0.39, 0.29) is 0 Å². The van der Waals surface area contributed by atoms with Crippen molar-refractivity contribution in [2.75, 3.05) is 9.80 Å². The summed E-state index contributed by atoms with van der Waals surface area (Å²) in [6.07, 6.45) is 0. The second-order valence-electron chi connectivity index (χ2n) is 18.4. The Bertz CT molecular complexity index is 4040. The highest BCUT2D eigenvalue weighted by atomic mass is 16.3. The molecule has 3 nitrogen and oxygen atoms in total. The van der Waals surface area contributed by atoms with E-state index in [1.807, 2.05) is 0 Å². The van der Waals surface area contributed by atoms with Gasteiger partial charge in [0.1, 0.15) is 5.58 Å². The monoisotopic (exact) mass is 932 g/mol. The molecule has 1 aromatic heterocycles. The topological polar surface area (TPSA) is 19.6 Å². The first-order chi connectivity index (χ1) is 36.2. The van der Waals surface area contributed by atoms with Crippen molar-refractivity contribution in [2.24, 2.45) is 0 Å². The van der Waals surface area contributed by atoms with Gasteiger partial charge in [-0.1, -0.05) is 231 Å². The molecule has 0 aliphatic rings. The number of para-hydroxylation sites is 1. The van der Waals surface area contributed by atoms with Crippen LogP contribution in [0.1, 0.15) is 0 Å². The maximum Gasteiger partial charge on any atom is 0.159 e. The van der Waals surface area contributed by atoms with Crippen LogP contribution in [-0.2, 0) is 0 Å². The Hall–Kier alpha value is -9.70. The summed E-state index contributed by atoms with van der Waals surface area (Å²) in [7, 11) is 0. The van der Waals surface area contributed by atoms with Crippen LogP contribution in [0.5, 0.6) is 0 Å². The molecule has 13 aromatic rings. The lowest BCUT2D eigenvalue weighted by atomic mass is 9.95. The molecule has 1 heterocycles. The van der Waals surface area contributed by atoms with Gasteiger partial charge in [0, 0.05) is 39.0 Å². The zero-order valence-corrected chi connectivity index (χ0v) is 40.0. The van der Waals surface area contributed by atoms with Crippen molar-refractivity contribution < 1.29 is 4.42 Å². The summed E-state index contributed by atoms with van der Waals surface area (Å²) in [4.78, 5) is 4.85. The Morgan fingerprint density at radius 3 is 1.30 bits per heavy atom. The van der Waals surface area contributed by atoms with E-state index in [2.05, 4.69) is 301 Å². The van der Waals surface area contributed by atoms with E-state index < -0.39 is 0 Å². The summed E-state index contributed by atoms with van der Waals surface area (Å²) in [5.41, 5.74) is 19.0. The molecule has 0 radical (unpaired) electrons. The molecule has 0 unspecified atom stereocenters. The molecule has 0 saturated heterocycles. The summed E-state index contributed by atoms with van der Waals surface area (Å²) in [6.45, 7) is 0. The molecule has 13 rings (SSSR count). The molecule has 344 valence electrons. The first-order valence-corrected chi connectivity index (χ1v) is 24.9. The maximum atomic E-state index is 7.26. The minimum Gasteiger partial charge on any atom is -0.454 e. The van der Waals surface area contributed by atoms with Gasteiger partial charge in [-0.3, -0.25) is 0 Å². The summed E-state index contributed by atoms with van der Waals surface area (Å²) < 4.78 is 7.26. The van der Waals surface area contributed by atoms with E-state index >= 15 is 0 Å². The number of hydrogen-bond acceptors (Lipinski definition) is 3. The average molecular weight is 933 g/mol. The number of furan rings is 1. The zero-order chi connectivity index (χ0) is 48.5. The molecule has 0 atom stereocenters. The van der Waals surface area contributed by atoms with Crippen LogP contribution < -0.4 is 9.80 Å². The highest BCUT2D eigenvalue weighted by molar-refractivity contribution is 6.22. The van der Waals surface area contributed by atoms with Gasteiger partial charge in [-0.15, -0.1) is 0 Å². The molecule has 0 N–H and O–H groups in total. The van der Waals surface area contributed by atoms with Crippen molar-refractivity contribution in [3.63, 3.8) is 0 Å². The third-order valence-corrected chi connectivity index (χ3v) is 14.0. The molecule has 0 saturated carbocycles. The smallest absolute Gasteiger partial charge is 0.159 e. The molecule has 0 bridgehead atoms. The second kappa shape index (κ2) is 18.9. The SMILES string of the molecule is c1ccc(-c2ccc(N(c3cc(N(c4ccc(-c5ccccc5)cc4)c4ccccc4-c4ccccc4)c4oc5ccc6ccccc6c5c4c3)c3ccc(-c4ccccc4)cc3-c3ccccc3)cc2)cc1. The molecule has 0 amide bonds. The fraction of sp³-hybridized carbons (Fsp3) is 0. The molecule has 73 heavy (non-hydrogen) atoms. The summed E-state index contributed by atoms with van der Waals surface area (Å²) in [5.74, 6) is 0. The second-order valence-corrected chi connectivity index (χ2v) is 18.4. The third kappa shape index (κ3) is 8.19. The summed E-state index contributed by atoms with van der Waals surface area (Å²) >= 11 is 0. The Morgan fingerprint density at radius 1 is 0.247 bits per heavy atom. The van der Waals surface area contributed by atoms with Crippen molar-refractivity contribution in [1.82, 2.24) is 0 Å². The normalized spacial score (nSPS) is 11.3.